The number of nitrogens with one attached hydrogen (secondary N) is 2. The van der Waals surface area contributed by atoms with Crippen molar-refractivity contribution in [2.75, 3.05) is 11.1 Å². The van der Waals surface area contributed by atoms with E-state index in [1.165, 1.54) is 4.90 Å². The molecule has 3 aromatic rings. The van der Waals surface area contributed by atoms with E-state index in [0.29, 0.717) is 22.4 Å². The zero-order valence-corrected chi connectivity index (χ0v) is 18.4. The molecule has 4 rings (SSSR count). The molecule has 2 N–H and O–H groups in total. The number of para-hydroxylation sites is 1. The zero-order chi connectivity index (χ0) is 23.2. The number of hydrogen-bond donors (Lipinski definition) is 2. The van der Waals surface area contributed by atoms with Crippen LogP contribution in [0.5, 0.6) is 0 Å². The summed E-state index contributed by atoms with van der Waals surface area (Å²) in [6.07, 6.45) is 0. The Labute approximate surface area is 195 Å². The molecule has 0 saturated carbocycles. The Morgan fingerprint density at radius 3 is 2.27 bits per heavy atom. The molecule has 7 nitrogen and oxygen atoms in total. The number of imide groups is 1. The molecule has 0 spiro atoms. The van der Waals surface area contributed by atoms with Crippen LogP contribution >= 0.6 is 11.8 Å². The van der Waals surface area contributed by atoms with Gasteiger partial charge >= 0.3 is 0 Å². The summed E-state index contributed by atoms with van der Waals surface area (Å²) in [4.78, 5) is 51.0. The van der Waals surface area contributed by atoms with Crippen molar-refractivity contribution < 1.29 is 19.2 Å². The van der Waals surface area contributed by atoms with Crippen LogP contribution in [0.1, 0.15) is 27.5 Å². The molecule has 0 aliphatic carbocycles. The van der Waals surface area contributed by atoms with Gasteiger partial charge in [-0.2, -0.15) is 0 Å². The lowest BCUT2D eigenvalue weighted by molar-refractivity contribution is -0.125. The average Bonchev–Trinajstić information content (AvgIpc) is 3.15. The number of carbonyl (C=O) groups is 4. The van der Waals surface area contributed by atoms with Crippen molar-refractivity contribution in [3.05, 3.63) is 102 Å². The summed E-state index contributed by atoms with van der Waals surface area (Å²) < 4.78 is 0. The van der Waals surface area contributed by atoms with Crippen molar-refractivity contribution >= 4 is 40.4 Å². The van der Waals surface area contributed by atoms with Crippen LogP contribution in [0.2, 0.25) is 0 Å². The molecular weight excluding hydrogens is 438 g/mol. The van der Waals surface area contributed by atoms with Gasteiger partial charge in [-0.3, -0.25) is 24.1 Å². The van der Waals surface area contributed by atoms with Crippen LogP contribution in [0.15, 0.2) is 84.9 Å². The first-order valence-corrected chi connectivity index (χ1v) is 11.3. The maximum Gasteiger partial charge on any atom is 0.289 e. The Morgan fingerprint density at radius 1 is 0.909 bits per heavy atom. The summed E-state index contributed by atoms with van der Waals surface area (Å²) in [6, 6.07) is 23.7. The van der Waals surface area contributed by atoms with Crippen molar-refractivity contribution in [3.63, 3.8) is 0 Å². The van der Waals surface area contributed by atoms with Gasteiger partial charge in [0.15, 0.2) is 0 Å². The van der Waals surface area contributed by atoms with Crippen molar-refractivity contribution in [3.8, 4) is 0 Å². The maximum absolute atomic E-state index is 13.1. The number of hydrogen-bond acceptors (Lipinski definition) is 5. The molecule has 1 aliphatic heterocycles. The van der Waals surface area contributed by atoms with E-state index in [-0.39, 0.29) is 29.4 Å². The summed E-state index contributed by atoms with van der Waals surface area (Å²) in [7, 11) is 0. The van der Waals surface area contributed by atoms with Gasteiger partial charge in [-0.15, -0.1) is 0 Å². The molecule has 1 fully saturated rings. The molecule has 8 heteroatoms. The van der Waals surface area contributed by atoms with Gasteiger partial charge in [0, 0.05) is 11.3 Å². The van der Waals surface area contributed by atoms with Crippen LogP contribution in [0.25, 0.3) is 0 Å². The largest absolute Gasteiger partial charge is 0.336 e. The van der Waals surface area contributed by atoms with Gasteiger partial charge < -0.3 is 10.6 Å². The van der Waals surface area contributed by atoms with E-state index in [4.69, 9.17) is 0 Å². The summed E-state index contributed by atoms with van der Waals surface area (Å²) in [5, 5.41) is 5.34. The molecule has 0 bridgehead atoms. The van der Waals surface area contributed by atoms with Gasteiger partial charge in [-0.25, -0.2) is 0 Å². The third-order valence-corrected chi connectivity index (χ3v) is 5.94. The van der Waals surface area contributed by atoms with Crippen LogP contribution < -0.4 is 10.6 Å². The van der Waals surface area contributed by atoms with Gasteiger partial charge in [-0.05, 0) is 35.4 Å². The smallest absolute Gasteiger partial charge is 0.289 e. The number of benzene rings is 3. The van der Waals surface area contributed by atoms with Gasteiger partial charge in [0.2, 0.25) is 5.91 Å². The highest BCUT2D eigenvalue weighted by Crippen LogP contribution is 2.22. The minimum absolute atomic E-state index is 0.0996. The van der Waals surface area contributed by atoms with E-state index >= 15 is 0 Å². The molecular formula is C25H21N3O4S. The summed E-state index contributed by atoms with van der Waals surface area (Å²) in [5.41, 5.74) is 2.24. The lowest BCUT2D eigenvalue weighted by atomic mass is 10.0. The van der Waals surface area contributed by atoms with E-state index in [9.17, 15) is 19.2 Å². The van der Waals surface area contributed by atoms with Crippen molar-refractivity contribution in [1.82, 2.24) is 10.2 Å². The standard InChI is InChI=1S/C25H21N3O4S/c29-21-16-33-25(32)28(21)15-17-8-7-11-19(14-17)23(30)27-22(18-9-3-1-4-10-18)24(31)26-20-12-5-2-6-13-20/h1-14,22H,15-16H2,(H,26,31)(H,27,30). The molecule has 1 unspecified atom stereocenters. The predicted octanol–water partition coefficient (Wildman–Crippen LogP) is 3.99. The molecule has 1 aliphatic rings. The lowest BCUT2D eigenvalue weighted by Crippen LogP contribution is -2.37. The number of nitrogens with zero attached hydrogens (tertiary/aromatic N) is 1. The second kappa shape index (κ2) is 10.1. The lowest BCUT2D eigenvalue weighted by Gasteiger charge is -2.19. The Balaban J connectivity index is 1.52. The van der Waals surface area contributed by atoms with Crippen molar-refractivity contribution in [2.45, 2.75) is 12.6 Å². The van der Waals surface area contributed by atoms with Gasteiger partial charge in [0.1, 0.15) is 6.04 Å². The molecule has 1 atom stereocenters. The molecule has 3 aromatic carbocycles. The van der Waals surface area contributed by atoms with Crippen LogP contribution in [0.4, 0.5) is 10.5 Å². The van der Waals surface area contributed by atoms with E-state index in [0.717, 1.165) is 11.8 Å². The van der Waals surface area contributed by atoms with Crippen LogP contribution in [-0.4, -0.2) is 33.6 Å². The first-order valence-electron chi connectivity index (χ1n) is 10.3. The third kappa shape index (κ3) is 5.48. The average molecular weight is 460 g/mol. The molecule has 4 amide bonds. The van der Waals surface area contributed by atoms with E-state index in [1.807, 2.05) is 24.3 Å². The SMILES string of the molecule is O=C(NC(C(=O)Nc1ccccc1)c1ccccc1)c1cccc(CN2C(=O)CSC2=O)c1. The summed E-state index contributed by atoms with van der Waals surface area (Å²) in [5.74, 6) is -0.931. The monoisotopic (exact) mass is 459 g/mol. The molecule has 0 radical (unpaired) electrons. The number of anilines is 1. The normalized spacial score (nSPS) is 14.1. The van der Waals surface area contributed by atoms with Gasteiger partial charge in [0.05, 0.1) is 12.3 Å². The van der Waals surface area contributed by atoms with Crippen LogP contribution in [0.3, 0.4) is 0 Å². The van der Waals surface area contributed by atoms with E-state index in [2.05, 4.69) is 10.6 Å². The molecule has 33 heavy (non-hydrogen) atoms. The maximum atomic E-state index is 13.1. The van der Waals surface area contributed by atoms with E-state index in [1.54, 1.807) is 60.7 Å². The quantitative estimate of drug-likeness (QED) is 0.557. The Hall–Kier alpha value is -3.91. The molecule has 166 valence electrons. The molecule has 1 saturated heterocycles. The predicted molar refractivity (Wildman–Crippen MR) is 127 cm³/mol. The molecule has 1 heterocycles. The second-order valence-electron chi connectivity index (χ2n) is 7.41. The highest BCUT2D eigenvalue weighted by Gasteiger charge is 2.30. The minimum atomic E-state index is -0.916. The zero-order valence-electron chi connectivity index (χ0n) is 17.6. The van der Waals surface area contributed by atoms with Crippen molar-refractivity contribution in [2.24, 2.45) is 0 Å². The first-order chi connectivity index (χ1) is 16.0. The third-order valence-electron chi connectivity index (χ3n) is 5.08. The number of carbonyl (C=O) groups excluding carboxylic acids is 4. The molecule has 0 aromatic heterocycles. The van der Waals surface area contributed by atoms with Crippen LogP contribution in [0, 0.1) is 0 Å². The minimum Gasteiger partial charge on any atom is -0.336 e. The van der Waals surface area contributed by atoms with E-state index < -0.39 is 11.9 Å². The number of amides is 4. The van der Waals surface area contributed by atoms with Gasteiger partial charge in [-0.1, -0.05) is 72.4 Å². The Kier molecular flexibility index (Phi) is 6.85. The highest BCUT2D eigenvalue weighted by molar-refractivity contribution is 8.14. The Morgan fingerprint density at radius 2 is 1.61 bits per heavy atom. The summed E-state index contributed by atoms with van der Waals surface area (Å²) >= 11 is 0.967. The van der Waals surface area contributed by atoms with Gasteiger partial charge in [0.25, 0.3) is 17.1 Å². The first kappa shape index (κ1) is 22.3. The number of rotatable bonds is 7. The van der Waals surface area contributed by atoms with Crippen molar-refractivity contribution in [1.29, 1.82) is 0 Å². The highest BCUT2D eigenvalue weighted by atomic mass is 32.2. The fourth-order valence-electron chi connectivity index (χ4n) is 3.42. The summed E-state index contributed by atoms with van der Waals surface area (Å²) in [6.45, 7) is 0.0996. The Bertz CT molecular complexity index is 1170. The number of thioether (sulfide) groups is 1. The topological polar surface area (TPSA) is 95.6 Å². The fraction of sp³-hybridized carbons (Fsp3) is 0.120. The second-order valence-corrected chi connectivity index (χ2v) is 8.33. The van der Waals surface area contributed by atoms with Crippen LogP contribution in [-0.2, 0) is 16.1 Å². The fourth-order valence-corrected chi connectivity index (χ4v) is 4.15.